The number of ether oxygens (including phenoxy) is 2. The highest BCUT2D eigenvalue weighted by Gasteiger charge is 2.10. The minimum Gasteiger partial charge on any atom is -0.494 e. The first kappa shape index (κ1) is 19.6. The number of carbonyl (C=O) groups is 2. The Balaban J connectivity index is 1.54. The van der Waals surface area contributed by atoms with E-state index in [4.69, 9.17) is 9.47 Å². The van der Waals surface area contributed by atoms with E-state index in [2.05, 4.69) is 15.6 Å². The lowest BCUT2D eigenvalue weighted by Gasteiger charge is -2.07. The number of amides is 2. The van der Waals surface area contributed by atoms with Crippen LogP contribution in [0.1, 0.15) is 20.3 Å². The zero-order valence-electron chi connectivity index (χ0n) is 15.7. The Labute approximate surface area is 166 Å². The third-order valence-electron chi connectivity index (χ3n) is 3.62. The fourth-order valence-electron chi connectivity index (χ4n) is 2.42. The summed E-state index contributed by atoms with van der Waals surface area (Å²) in [7, 11) is 0. The average Bonchev–Trinajstić information content (AvgIpc) is 3.06. The number of fused-ring (bicyclic) bond motifs is 1. The summed E-state index contributed by atoms with van der Waals surface area (Å²) in [5, 5.41) is 5.94. The molecule has 0 saturated carbocycles. The summed E-state index contributed by atoms with van der Waals surface area (Å²) >= 11 is 1.33. The fraction of sp³-hybridized carbons (Fsp3) is 0.250. The van der Waals surface area contributed by atoms with Crippen LogP contribution >= 0.6 is 11.3 Å². The largest absolute Gasteiger partial charge is 0.494 e. The summed E-state index contributed by atoms with van der Waals surface area (Å²) in [5.74, 6) is 0.918. The lowest BCUT2D eigenvalue weighted by atomic mass is 10.3. The third kappa shape index (κ3) is 5.43. The maximum atomic E-state index is 12.1. The highest BCUT2D eigenvalue weighted by molar-refractivity contribution is 7.22. The van der Waals surface area contributed by atoms with E-state index in [1.807, 2.05) is 25.1 Å². The Morgan fingerprint density at radius 1 is 1.04 bits per heavy atom. The van der Waals surface area contributed by atoms with Gasteiger partial charge in [0.25, 0.3) is 5.91 Å². The molecular weight excluding hydrogens is 378 g/mol. The van der Waals surface area contributed by atoms with Gasteiger partial charge in [0.05, 0.1) is 16.8 Å². The van der Waals surface area contributed by atoms with Crippen molar-refractivity contribution in [2.75, 3.05) is 23.8 Å². The number of aromatic nitrogens is 1. The molecule has 3 rings (SSSR count). The first-order valence-corrected chi connectivity index (χ1v) is 9.69. The molecule has 0 unspecified atom stereocenters. The van der Waals surface area contributed by atoms with Crippen molar-refractivity contribution in [2.45, 2.75) is 20.3 Å². The van der Waals surface area contributed by atoms with Gasteiger partial charge in [0.2, 0.25) is 5.91 Å². The monoisotopic (exact) mass is 399 g/mol. The van der Waals surface area contributed by atoms with E-state index >= 15 is 0 Å². The molecule has 0 aliphatic heterocycles. The van der Waals surface area contributed by atoms with Crippen LogP contribution in [-0.4, -0.2) is 30.0 Å². The number of rotatable bonds is 8. The molecule has 0 aliphatic rings. The maximum absolute atomic E-state index is 12.1. The van der Waals surface area contributed by atoms with Crippen molar-refractivity contribution in [1.82, 2.24) is 4.98 Å². The van der Waals surface area contributed by atoms with Crippen molar-refractivity contribution < 1.29 is 19.1 Å². The van der Waals surface area contributed by atoms with Crippen LogP contribution in [0.3, 0.4) is 0 Å². The van der Waals surface area contributed by atoms with Crippen LogP contribution in [0.15, 0.2) is 42.5 Å². The van der Waals surface area contributed by atoms with E-state index in [-0.39, 0.29) is 18.4 Å². The summed E-state index contributed by atoms with van der Waals surface area (Å²) in [6, 6.07) is 12.5. The number of hydrogen-bond donors (Lipinski definition) is 2. The van der Waals surface area contributed by atoms with Gasteiger partial charge in [-0.1, -0.05) is 18.3 Å². The van der Waals surface area contributed by atoms with Crippen LogP contribution in [0.5, 0.6) is 11.5 Å². The van der Waals surface area contributed by atoms with E-state index in [0.717, 1.165) is 22.4 Å². The molecule has 0 atom stereocenters. The first-order valence-electron chi connectivity index (χ1n) is 8.87. The summed E-state index contributed by atoms with van der Waals surface area (Å²) in [6.07, 6.45) is 0.943. The van der Waals surface area contributed by atoms with E-state index in [1.54, 1.807) is 24.3 Å². The molecule has 1 aromatic heterocycles. The third-order valence-corrected chi connectivity index (χ3v) is 4.56. The predicted octanol–water partition coefficient (Wildman–Crippen LogP) is 4.06. The normalized spacial score (nSPS) is 10.5. The zero-order chi connectivity index (χ0) is 19.9. The molecule has 2 aromatic carbocycles. The van der Waals surface area contributed by atoms with Crippen LogP contribution < -0.4 is 20.1 Å². The van der Waals surface area contributed by atoms with Gasteiger partial charge in [-0.3, -0.25) is 14.9 Å². The van der Waals surface area contributed by atoms with Gasteiger partial charge < -0.3 is 14.8 Å². The highest BCUT2D eigenvalue weighted by Crippen LogP contribution is 2.28. The summed E-state index contributed by atoms with van der Waals surface area (Å²) in [6.45, 7) is 4.04. The number of benzene rings is 2. The highest BCUT2D eigenvalue weighted by atomic mass is 32.1. The van der Waals surface area contributed by atoms with Gasteiger partial charge in [0.15, 0.2) is 11.7 Å². The molecule has 0 bridgehead atoms. The van der Waals surface area contributed by atoms with Crippen molar-refractivity contribution in [3.8, 4) is 11.5 Å². The SMILES string of the molecule is CCCOc1ccc(OCC(=O)Nc2nc3ccc(NC(C)=O)cc3s2)cc1. The molecule has 0 aliphatic carbocycles. The van der Waals surface area contributed by atoms with E-state index in [0.29, 0.717) is 23.2 Å². The lowest BCUT2D eigenvalue weighted by Crippen LogP contribution is -2.19. The number of anilines is 2. The predicted molar refractivity (Wildman–Crippen MR) is 110 cm³/mol. The van der Waals surface area contributed by atoms with Gasteiger partial charge in [-0.25, -0.2) is 4.98 Å². The molecule has 1 heterocycles. The van der Waals surface area contributed by atoms with Gasteiger partial charge in [-0.15, -0.1) is 0 Å². The zero-order valence-corrected chi connectivity index (χ0v) is 16.5. The molecule has 28 heavy (non-hydrogen) atoms. The van der Waals surface area contributed by atoms with Crippen molar-refractivity contribution in [3.63, 3.8) is 0 Å². The molecule has 3 aromatic rings. The Kier molecular flexibility index (Phi) is 6.44. The fourth-order valence-corrected chi connectivity index (χ4v) is 3.34. The second kappa shape index (κ2) is 9.18. The number of hydrogen-bond acceptors (Lipinski definition) is 6. The molecule has 146 valence electrons. The van der Waals surface area contributed by atoms with E-state index in [9.17, 15) is 9.59 Å². The summed E-state index contributed by atoms with van der Waals surface area (Å²) in [4.78, 5) is 27.7. The molecule has 7 nitrogen and oxygen atoms in total. The molecule has 2 N–H and O–H groups in total. The van der Waals surface area contributed by atoms with Crippen LogP contribution in [0.25, 0.3) is 10.2 Å². The smallest absolute Gasteiger partial charge is 0.264 e. The molecule has 0 fully saturated rings. The van der Waals surface area contributed by atoms with Gasteiger partial charge >= 0.3 is 0 Å². The summed E-state index contributed by atoms with van der Waals surface area (Å²) in [5.41, 5.74) is 1.44. The van der Waals surface area contributed by atoms with Gasteiger partial charge in [-0.2, -0.15) is 0 Å². The molecular formula is C20H21N3O4S. The van der Waals surface area contributed by atoms with Gasteiger partial charge in [0.1, 0.15) is 11.5 Å². The number of thiazole rings is 1. The lowest BCUT2D eigenvalue weighted by molar-refractivity contribution is -0.118. The minimum absolute atomic E-state index is 0.123. The van der Waals surface area contributed by atoms with E-state index < -0.39 is 0 Å². The standard InChI is InChI=1S/C20H21N3O4S/c1-3-10-26-15-5-7-16(8-6-15)27-12-19(25)23-20-22-17-9-4-14(21-13(2)24)11-18(17)28-20/h4-9,11H,3,10,12H2,1-2H3,(H,21,24)(H,22,23,25). The Hall–Kier alpha value is -3.13. The van der Waals surface area contributed by atoms with Gasteiger partial charge in [-0.05, 0) is 48.9 Å². The number of nitrogens with zero attached hydrogens (tertiary/aromatic N) is 1. The second-order valence-corrected chi connectivity index (χ2v) is 7.07. The number of carbonyl (C=O) groups excluding carboxylic acids is 2. The van der Waals surface area contributed by atoms with Crippen LogP contribution in [0, 0.1) is 0 Å². The van der Waals surface area contributed by atoms with Crippen LogP contribution in [0.4, 0.5) is 10.8 Å². The van der Waals surface area contributed by atoms with Gasteiger partial charge in [0, 0.05) is 12.6 Å². The molecule has 8 heteroatoms. The number of nitrogens with one attached hydrogen (secondary N) is 2. The van der Waals surface area contributed by atoms with E-state index in [1.165, 1.54) is 18.3 Å². The quantitative estimate of drug-likeness (QED) is 0.596. The minimum atomic E-state index is -0.299. The maximum Gasteiger partial charge on any atom is 0.264 e. The van der Waals surface area contributed by atoms with Crippen molar-refractivity contribution in [1.29, 1.82) is 0 Å². The molecule has 2 amide bonds. The van der Waals surface area contributed by atoms with Crippen LogP contribution in [-0.2, 0) is 9.59 Å². The van der Waals surface area contributed by atoms with Crippen molar-refractivity contribution >= 4 is 44.2 Å². The second-order valence-electron chi connectivity index (χ2n) is 6.04. The van der Waals surface area contributed by atoms with Crippen LogP contribution in [0.2, 0.25) is 0 Å². The molecule has 0 saturated heterocycles. The van der Waals surface area contributed by atoms with Crippen molar-refractivity contribution in [2.24, 2.45) is 0 Å². The molecule has 0 spiro atoms. The molecule has 0 radical (unpaired) electrons. The Morgan fingerprint density at radius 2 is 1.75 bits per heavy atom. The Bertz CT molecular complexity index is 969. The Morgan fingerprint density at radius 3 is 2.43 bits per heavy atom. The van der Waals surface area contributed by atoms with Crippen molar-refractivity contribution in [3.05, 3.63) is 42.5 Å². The first-order chi connectivity index (χ1) is 13.5. The average molecular weight is 399 g/mol. The summed E-state index contributed by atoms with van der Waals surface area (Å²) < 4.78 is 11.9. The topological polar surface area (TPSA) is 89.6 Å².